The van der Waals surface area contributed by atoms with Gasteiger partial charge in [-0.1, -0.05) is 32.6 Å². The zero-order chi connectivity index (χ0) is 15.0. The van der Waals surface area contributed by atoms with Crippen molar-refractivity contribution in [1.29, 1.82) is 0 Å². The van der Waals surface area contributed by atoms with E-state index >= 15 is 0 Å². The maximum atomic E-state index is 11.9. The fourth-order valence-electron chi connectivity index (χ4n) is 1.94. The Morgan fingerprint density at radius 1 is 1.20 bits per heavy atom. The van der Waals surface area contributed by atoms with Crippen molar-refractivity contribution < 1.29 is 9.53 Å². The lowest BCUT2D eigenvalue weighted by atomic mass is 10.1. The first-order valence-corrected chi connectivity index (χ1v) is 7.30. The van der Waals surface area contributed by atoms with Crippen molar-refractivity contribution >= 4 is 11.6 Å². The highest BCUT2D eigenvalue weighted by Gasteiger charge is 2.10. The van der Waals surface area contributed by atoms with E-state index in [4.69, 9.17) is 10.5 Å². The third-order valence-corrected chi connectivity index (χ3v) is 3.17. The SMILES string of the molecule is CCCCCCCOc1cc(C(=O)N(C)C)ccc1N. The molecule has 4 heteroatoms. The number of hydrogen-bond donors (Lipinski definition) is 1. The number of nitrogens with zero attached hydrogens (tertiary/aromatic N) is 1. The number of rotatable bonds is 8. The van der Waals surface area contributed by atoms with Crippen molar-refractivity contribution in [3.05, 3.63) is 23.8 Å². The van der Waals surface area contributed by atoms with Crippen LogP contribution in [-0.4, -0.2) is 31.5 Å². The van der Waals surface area contributed by atoms with Gasteiger partial charge in [0.05, 0.1) is 12.3 Å². The molecule has 112 valence electrons. The van der Waals surface area contributed by atoms with E-state index in [0.717, 1.165) is 6.42 Å². The Morgan fingerprint density at radius 3 is 2.55 bits per heavy atom. The molecule has 0 radical (unpaired) electrons. The summed E-state index contributed by atoms with van der Waals surface area (Å²) in [5.74, 6) is 0.561. The van der Waals surface area contributed by atoms with Crippen LogP contribution in [0.4, 0.5) is 5.69 Å². The lowest BCUT2D eigenvalue weighted by Crippen LogP contribution is -2.21. The molecule has 0 fully saturated rings. The average Bonchev–Trinajstić information content (AvgIpc) is 2.43. The van der Waals surface area contributed by atoms with Crippen LogP contribution in [0.5, 0.6) is 5.75 Å². The van der Waals surface area contributed by atoms with E-state index in [0.29, 0.717) is 23.6 Å². The predicted molar refractivity (Wildman–Crippen MR) is 83.1 cm³/mol. The van der Waals surface area contributed by atoms with Gasteiger partial charge in [-0.05, 0) is 24.6 Å². The lowest BCUT2D eigenvalue weighted by Gasteiger charge is -2.13. The second-order valence-corrected chi connectivity index (χ2v) is 5.21. The summed E-state index contributed by atoms with van der Waals surface area (Å²) in [6, 6.07) is 5.18. The Kier molecular flexibility index (Phi) is 6.91. The molecule has 0 bridgehead atoms. The molecule has 20 heavy (non-hydrogen) atoms. The third kappa shape index (κ3) is 5.11. The molecule has 4 nitrogen and oxygen atoms in total. The fourth-order valence-corrected chi connectivity index (χ4v) is 1.94. The second-order valence-electron chi connectivity index (χ2n) is 5.21. The van der Waals surface area contributed by atoms with Crippen molar-refractivity contribution in [2.45, 2.75) is 39.0 Å². The van der Waals surface area contributed by atoms with Gasteiger partial charge >= 0.3 is 0 Å². The van der Waals surface area contributed by atoms with Gasteiger partial charge in [0.1, 0.15) is 5.75 Å². The molecule has 1 rings (SSSR count). The molecule has 0 heterocycles. The number of carbonyl (C=O) groups is 1. The molecule has 0 aromatic heterocycles. The Hall–Kier alpha value is -1.71. The van der Waals surface area contributed by atoms with Crippen LogP contribution in [0, 0.1) is 0 Å². The Labute approximate surface area is 121 Å². The zero-order valence-corrected chi connectivity index (χ0v) is 12.8. The summed E-state index contributed by atoms with van der Waals surface area (Å²) in [5, 5.41) is 0. The largest absolute Gasteiger partial charge is 0.491 e. The number of unbranched alkanes of at least 4 members (excludes halogenated alkanes) is 4. The summed E-state index contributed by atoms with van der Waals surface area (Å²) < 4.78 is 5.69. The van der Waals surface area contributed by atoms with Crippen LogP contribution < -0.4 is 10.5 Å². The second kappa shape index (κ2) is 8.46. The molecule has 0 unspecified atom stereocenters. The Bertz CT molecular complexity index is 430. The van der Waals surface area contributed by atoms with Crippen molar-refractivity contribution in [3.8, 4) is 5.75 Å². The average molecular weight is 278 g/mol. The van der Waals surface area contributed by atoms with Crippen LogP contribution in [0.25, 0.3) is 0 Å². The summed E-state index contributed by atoms with van der Waals surface area (Å²) in [6.07, 6.45) is 5.95. The minimum Gasteiger partial charge on any atom is -0.491 e. The highest BCUT2D eigenvalue weighted by atomic mass is 16.5. The molecule has 1 aromatic rings. The predicted octanol–water partition coefficient (Wildman–Crippen LogP) is 3.32. The molecule has 0 aliphatic heterocycles. The normalized spacial score (nSPS) is 10.3. The van der Waals surface area contributed by atoms with Gasteiger partial charge in [0, 0.05) is 19.7 Å². The quantitative estimate of drug-likeness (QED) is 0.586. The van der Waals surface area contributed by atoms with Gasteiger partial charge in [0.15, 0.2) is 0 Å². The van der Waals surface area contributed by atoms with Gasteiger partial charge in [0.2, 0.25) is 0 Å². The number of anilines is 1. The number of hydrogen-bond acceptors (Lipinski definition) is 3. The van der Waals surface area contributed by atoms with Crippen LogP contribution in [0.2, 0.25) is 0 Å². The third-order valence-electron chi connectivity index (χ3n) is 3.17. The van der Waals surface area contributed by atoms with Crippen LogP contribution in [0.1, 0.15) is 49.4 Å². The monoisotopic (exact) mass is 278 g/mol. The maximum Gasteiger partial charge on any atom is 0.253 e. The standard InChI is InChI=1S/C16H26N2O2/c1-4-5-6-7-8-11-20-15-12-13(9-10-14(15)17)16(19)18(2)3/h9-10,12H,4-8,11,17H2,1-3H3. The Morgan fingerprint density at radius 2 is 1.90 bits per heavy atom. The Balaban J connectivity index is 2.52. The highest BCUT2D eigenvalue weighted by molar-refractivity contribution is 5.94. The van der Waals surface area contributed by atoms with Crippen molar-refractivity contribution in [3.63, 3.8) is 0 Å². The topological polar surface area (TPSA) is 55.6 Å². The number of carbonyl (C=O) groups excluding carboxylic acids is 1. The highest BCUT2D eigenvalue weighted by Crippen LogP contribution is 2.23. The zero-order valence-electron chi connectivity index (χ0n) is 12.8. The molecule has 1 amide bonds. The molecule has 0 saturated heterocycles. The van der Waals surface area contributed by atoms with E-state index in [2.05, 4.69) is 6.92 Å². The van der Waals surface area contributed by atoms with E-state index in [1.165, 1.54) is 25.7 Å². The number of nitrogens with two attached hydrogens (primary N) is 1. The minimum absolute atomic E-state index is 0.0437. The first-order chi connectivity index (χ1) is 9.56. The van der Waals surface area contributed by atoms with Gasteiger partial charge in [0.25, 0.3) is 5.91 Å². The van der Waals surface area contributed by atoms with Crippen LogP contribution >= 0.6 is 0 Å². The molecule has 0 spiro atoms. The van der Waals surface area contributed by atoms with E-state index in [9.17, 15) is 4.79 Å². The summed E-state index contributed by atoms with van der Waals surface area (Å²) in [4.78, 5) is 13.4. The van der Waals surface area contributed by atoms with Crippen molar-refractivity contribution in [2.75, 3.05) is 26.4 Å². The van der Waals surface area contributed by atoms with Gasteiger partial charge < -0.3 is 15.4 Å². The van der Waals surface area contributed by atoms with Gasteiger partial charge in [-0.3, -0.25) is 4.79 Å². The van der Waals surface area contributed by atoms with Crippen molar-refractivity contribution in [1.82, 2.24) is 4.90 Å². The molecule has 0 atom stereocenters. The molecule has 0 aliphatic rings. The van der Waals surface area contributed by atoms with E-state index in [-0.39, 0.29) is 5.91 Å². The minimum atomic E-state index is -0.0437. The number of nitrogen functional groups attached to an aromatic ring is 1. The van der Waals surface area contributed by atoms with Gasteiger partial charge in [-0.15, -0.1) is 0 Å². The smallest absolute Gasteiger partial charge is 0.253 e. The van der Waals surface area contributed by atoms with Crippen molar-refractivity contribution in [2.24, 2.45) is 0 Å². The molecule has 2 N–H and O–H groups in total. The van der Waals surface area contributed by atoms with Crippen LogP contribution in [0.3, 0.4) is 0 Å². The molecular formula is C16H26N2O2. The summed E-state index contributed by atoms with van der Waals surface area (Å²) in [6.45, 7) is 2.85. The number of ether oxygens (including phenoxy) is 1. The summed E-state index contributed by atoms with van der Waals surface area (Å²) in [5.41, 5.74) is 7.06. The molecule has 0 aliphatic carbocycles. The number of benzene rings is 1. The molecule has 0 saturated carbocycles. The summed E-state index contributed by atoms with van der Waals surface area (Å²) in [7, 11) is 3.46. The number of amides is 1. The van der Waals surface area contributed by atoms with E-state index < -0.39 is 0 Å². The van der Waals surface area contributed by atoms with Gasteiger partial charge in [-0.2, -0.15) is 0 Å². The fraction of sp³-hybridized carbons (Fsp3) is 0.562. The van der Waals surface area contributed by atoms with E-state index in [1.54, 1.807) is 37.2 Å². The van der Waals surface area contributed by atoms with Crippen LogP contribution in [0.15, 0.2) is 18.2 Å². The first-order valence-electron chi connectivity index (χ1n) is 7.30. The van der Waals surface area contributed by atoms with E-state index in [1.807, 2.05) is 0 Å². The van der Waals surface area contributed by atoms with Gasteiger partial charge in [-0.25, -0.2) is 0 Å². The maximum absolute atomic E-state index is 11.9. The molecule has 1 aromatic carbocycles. The molecular weight excluding hydrogens is 252 g/mol. The lowest BCUT2D eigenvalue weighted by molar-refractivity contribution is 0.0827. The first kappa shape index (κ1) is 16.3. The summed E-state index contributed by atoms with van der Waals surface area (Å²) >= 11 is 0. The van der Waals surface area contributed by atoms with Crippen LogP contribution in [-0.2, 0) is 0 Å².